The molecular formula is C16H14N4O2S. The normalized spacial score (nSPS) is 11.6. The minimum absolute atomic E-state index is 0.471. The van der Waals surface area contributed by atoms with E-state index in [0.29, 0.717) is 24.0 Å². The molecule has 0 fully saturated rings. The summed E-state index contributed by atoms with van der Waals surface area (Å²) in [7, 11) is 2.00. The van der Waals surface area contributed by atoms with Gasteiger partial charge in [-0.25, -0.2) is 4.98 Å². The maximum Gasteiger partial charge on any atom is 0.241 e. The first-order valence-corrected chi connectivity index (χ1v) is 7.99. The average molecular weight is 326 g/mol. The number of para-hydroxylation sites is 1. The molecule has 0 atom stereocenters. The molecule has 0 spiro atoms. The molecule has 3 aromatic heterocycles. The van der Waals surface area contributed by atoms with E-state index in [1.54, 1.807) is 29.7 Å². The highest BCUT2D eigenvalue weighted by Crippen LogP contribution is 2.23. The van der Waals surface area contributed by atoms with Crippen molar-refractivity contribution in [3.63, 3.8) is 0 Å². The first kappa shape index (κ1) is 14.1. The Morgan fingerprint density at radius 3 is 2.83 bits per heavy atom. The standard InChI is InChI=1S/C16H14N4O2S/c1-20(10-15-17-11-5-2-3-7-13(11)23-15)9-14-18-16(19-22-14)12-6-4-8-21-12/h2-8H,9-10H2,1H3. The highest BCUT2D eigenvalue weighted by Gasteiger charge is 2.13. The topological polar surface area (TPSA) is 68.2 Å². The quantitative estimate of drug-likeness (QED) is 0.558. The van der Waals surface area contributed by atoms with Crippen molar-refractivity contribution >= 4 is 21.6 Å². The fourth-order valence-electron chi connectivity index (χ4n) is 2.33. The Balaban J connectivity index is 1.44. The van der Waals surface area contributed by atoms with E-state index in [2.05, 4.69) is 26.1 Å². The smallest absolute Gasteiger partial charge is 0.241 e. The maximum atomic E-state index is 5.28. The Hall–Kier alpha value is -2.51. The lowest BCUT2D eigenvalue weighted by molar-refractivity contribution is 0.260. The number of rotatable bonds is 5. The first-order valence-electron chi connectivity index (χ1n) is 7.17. The zero-order valence-corrected chi connectivity index (χ0v) is 13.3. The van der Waals surface area contributed by atoms with Crippen LogP contribution in [0.5, 0.6) is 0 Å². The SMILES string of the molecule is CN(Cc1nc(-c2ccco2)no1)Cc1nc2ccccc2s1. The number of nitrogens with zero attached hydrogens (tertiary/aromatic N) is 4. The van der Waals surface area contributed by atoms with Gasteiger partial charge in [-0.2, -0.15) is 4.98 Å². The third kappa shape index (κ3) is 3.01. The Morgan fingerprint density at radius 2 is 2.00 bits per heavy atom. The van der Waals surface area contributed by atoms with Gasteiger partial charge in [0.15, 0.2) is 5.76 Å². The lowest BCUT2D eigenvalue weighted by Crippen LogP contribution is -2.17. The van der Waals surface area contributed by atoms with Gasteiger partial charge in [0, 0.05) is 0 Å². The molecule has 23 heavy (non-hydrogen) atoms. The van der Waals surface area contributed by atoms with Crippen LogP contribution in [-0.4, -0.2) is 27.1 Å². The molecule has 0 radical (unpaired) electrons. The van der Waals surface area contributed by atoms with Crippen LogP contribution in [0.25, 0.3) is 21.8 Å². The van der Waals surface area contributed by atoms with Crippen molar-refractivity contribution < 1.29 is 8.94 Å². The van der Waals surface area contributed by atoms with Gasteiger partial charge in [0.1, 0.15) is 5.01 Å². The molecule has 0 unspecified atom stereocenters. The van der Waals surface area contributed by atoms with Gasteiger partial charge < -0.3 is 8.94 Å². The number of furan rings is 1. The van der Waals surface area contributed by atoms with Crippen LogP contribution in [0.1, 0.15) is 10.9 Å². The summed E-state index contributed by atoms with van der Waals surface area (Å²) in [4.78, 5) is 11.1. The van der Waals surface area contributed by atoms with Gasteiger partial charge in [0.05, 0.1) is 29.6 Å². The fourth-order valence-corrected chi connectivity index (χ4v) is 3.38. The minimum atomic E-state index is 0.471. The molecule has 0 N–H and O–H groups in total. The van der Waals surface area contributed by atoms with Crippen LogP contribution in [0.15, 0.2) is 51.6 Å². The molecule has 4 aromatic rings. The van der Waals surface area contributed by atoms with Crippen molar-refractivity contribution in [2.75, 3.05) is 7.05 Å². The van der Waals surface area contributed by atoms with E-state index in [0.717, 1.165) is 17.1 Å². The predicted octanol–water partition coefficient (Wildman–Crippen LogP) is 3.57. The zero-order valence-electron chi connectivity index (χ0n) is 12.5. The summed E-state index contributed by atoms with van der Waals surface area (Å²) in [5.74, 6) is 1.63. The van der Waals surface area contributed by atoms with Crippen LogP contribution in [0.2, 0.25) is 0 Å². The molecular weight excluding hydrogens is 312 g/mol. The summed E-state index contributed by atoms with van der Waals surface area (Å²) in [5, 5.41) is 5.00. The molecule has 6 nitrogen and oxygen atoms in total. The number of aromatic nitrogens is 3. The van der Waals surface area contributed by atoms with Gasteiger partial charge >= 0.3 is 0 Å². The van der Waals surface area contributed by atoms with E-state index in [-0.39, 0.29) is 0 Å². The molecule has 0 aliphatic heterocycles. The van der Waals surface area contributed by atoms with Gasteiger partial charge in [0.25, 0.3) is 0 Å². The van der Waals surface area contributed by atoms with Crippen molar-refractivity contribution in [3.8, 4) is 11.6 Å². The Bertz CT molecular complexity index is 880. The monoisotopic (exact) mass is 326 g/mol. The number of fused-ring (bicyclic) bond motifs is 1. The van der Waals surface area contributed by atoms with Crippen molar-refractivity contribution in [2.45, 2.75) is 13.1 Å². The Labute approximate surface area is 136 Å². The van der Waals surface area contributed by atoms with E-state index in [1.165, 1.54) is 4.70 Å². The molecule has 3 heterocycles. The molecule has 116 valence electrons. The molecule has 0 saturated carbocycles. The van der Waals surface area contributed by atoms with Crippen LogP contribution in [0.4, 0.5) is 0 Å². The Morgan fingerprint density at radius 1 is 1.09 bits per heavy atom. The molecule has 0 saturated heterocycles. The number of hydrogen-bond donors (Lipinski definition) is 0. The largest absolute Gasteiger partial charge is 0.461 e. The molecule has 0 aliphatic rings. The predicted molar refractivity (Wildman–Crippen MR) is 86.8 cm³/mol. The summed E-state index contributed by atoms with van der Waals surface area (Å²) in [6.45, 7) is 1.29. The van der Waals surface area contributed by atoms with Crippen LogP contribution in [0.3, 0.4) is 0 Å². The Kier molecular flexibility index (Phi) is 3.64. The molecule has 4 rings (SSSR count). The summed E-state index contributed by atoms with van der Waals surface area (Å²) in [5.41, 5.74) is 1.04. The van der Waals surface area contributed by atoms with Gasteiger partial charge in [-0.05, 0) is 31.3 Å². The highest BCUT2D eigenvalue weighted by atomic mass is 32.1. The van der Waals surface area contributed by atoms with Crippen molar-refractivity contribution in [2.24, 2.45) is 0 Å². The van der Waals surface area contributed by atoms with Crippen LogP contribution < -0.4 is 0 Å². The zero-order chi connectivity index (χ0) is 15.6. The van der Waals surface area contributed by atoms with Crippen molar-refractivity contribution in [3.05, 3.63) is 53.6 Å². The molecule has 0 aliphatic carbocycles. The van der Waals surface area contributed by atoms with Crippen LogP contribution in [-0.2, 0) is 13.1 Å². The highest BCUT2D eigenvalue weighted by molar-refractivity contribution is 7.18. The van der Waals surface area contributed by atoms with Crippen LogP contribution >= 0.6 is 11.3 Å². The second kappa shape index (κ2) is 5.94. The second-order valence-corrected chi connectivity index (χ2v) is 6.35. The number of thiazole rings is 1. The molecule has 0 bridgehead atoms. The van der Waals surface area contributed by atoms with E-state index < -0.39 is 0 Å². The lowest BCUT2D eigenvalue weighted by Gasteiger charge is -2.11. The minimum Gasteiger partial charge on any atom is -0.461 e. The molecule has 0 amide bonds. The fraction of sp³-hybridized carbons (Fsp3) is 0.188. The maximum absolute atomic E-state index is 5.28. The van der Waals surface area contributed by atoms with Gasteiger partial charge in [-0.1, -0.05) is 17.3 Å². The third-order valence-electron chi connectivity index (χ3n) is 3.36. The second-order valence-electron chi connectivity index (χ2n) is 5.24. The van der Waals surface area contributed by atoms with Crippen molar-refractivity contribution in [1.29, 1.82) is 0 Å². The molecule has 7 heteroatoms. The average Bonchev–Trinajstić information content (AvgIpc) is 3.26. The molecule has 1 aromatic carbocycles. The van der Waals surface area contributed by atoms with Crippen LogP contribution in [0, 0.1) is 0 Å². The van der Waals surface area contributed by atoms with E-state index in [9.17, 15) is 0 Å². The number of hydrogen-bond acceptors (Lipinski definition) is 7. The van der Waals surface area contributed by atoms with Crippen molar-refractivity contribution in [1.82, 2.24) is 20.0 Å². The van der Waals surface area contributed by atoms with E-state index in [4.69, 9.17) is 8.94 Å². The summed E-state index contributed by atoms with van der Waals surface area (Å²) < 4.78 is 11.7. The number of benzene rings is 1. The van der Waals surface area contributed by atoms with E-state index in [1.807, 2.05) is 25.2 Å². The van der Waals surface area contributed by atoms with Gasteiger partial charge in [-0.3, -0.25) is 4.90 Å². The van der Waals surface area contributed by atoms with Gasteiger partial charge in [0.2, 0.25) is 11.7 Å². The third-order valence-corrected chi connectivity index (χ3v) is 4.38. The summed E-state index contributed by atoms with van der Waals surface area (Å²) in [6, 6.07) is 11.8. The first-order chi connectivity index (χ1) is 11.3. The summed E-state index contributed by atoms with van der Waals surface area (Å²) >= 11 is 1.70. The summed E-state index contributed by atoms with van der Waals surface area (Å²) in [6.07, 6.45) is 1.59. The van der Waals surface area contributed by atoms with Gasteiger partial charge in [-0.15, -0.1) is 11.3 Å². The lowest BCUT2D eigenvalue weighted by atomic mass is 10.3. The van der Waals surface area contributed by atoms with E-state index >= 15 is 0 Å².